The minimum Gasteiger partial charge on any atom is -0.677 e. The first-order valence-corrected chi connectivity index (χ1v) is 5.76. The van der Waals surface area contributed by atoms with Crippen LogP contribution in [-0.2, 0) is 6.42 Å². The van der Waals surface area contributed by atoms with E-state index in [0.717, 1.165) is 23.1 Å². The number of fused-ring (bicyclic) bond motifs is 1. The van der Waals surface area contributed by atoms with Gasteiger partial charge in [0.15, 0.2) is 0 Å². The average molecular weight is 304 g/mol. The molecule has 0 saturated heterocycles. The van der Waals surface area contributed by atoms with E-state index in [9.17, 15) is 0 Å². The molecule has 0 bridgehead atoms. The van der Waals surface area contributed by atoms with Gasteiger partial charge in [0.05, 0.1) is 11.6 Å². The Morgan fingerprint density at radius 1 is 1.44 bits per heavy atom. The Morgan fingerprint density at radius 3 is 2.81 bits per heavy atom. The summed E-state index contributed by atoms with van der Waals surface area (Å²) >= 11 is 3.48. The van der Waals surface area contributed by atoms with Crippen molar-refractivity contribution >= 4 is 33.9 Å². The molecule has 0 spiro atoms. The molecule has 2 nitrogen and oxygen atoms in total. The Balaban J connectivity index is 0.00000128. The summed E-state index contributed by atoms with van der Waals surface area (Å²) in [7, 11) is 1.68. The summed E-state index contributed by atoms with van der Waals surface area (Å²) in [6, 6.07) is 4.18. The van der Waals surface area contributed by atoms with Crippen LogP contribution in [0, 0.1) is 0 Å². The molecule has 88 valence electrons. The number of hydrogen-bond donors (Lipinski definition) is 0. The number of rotatable bonds is 3. The molecule has 1 aliphatic rings. The summed E-state index contributed by atoms with van der Waals surface area (Å²) < 4.78 is 6.28. The highest BCUT2D eigenvalue weighted by Crippen LogP contribution is 2.37. The summed E-state index contributed by atoms with van der Waals surface area (Å²) in [5.41, 5.74) is 11.1. The maximum Gasteiger partial charge on any atom is 0.133 e. The molecule has 4 heteroatoms. The second-order valence-corrected chi connectivity index (χ2v) is 4.43. The van der Waals surface area contributed by atoms with Crippen molar-refractivity contribution in [3.63, 3.8) is 0 Å². The van der Waals surface area contributed by atoms with Gasteiger partial charge in [0.1, 0.15) is 5.75 Å². The van der Waals surface area contributed by atoms with E-state index in [0.29, 0.717) is 6.54 Å². The highest BCUT2D eigenvalue weighted by Gasteiger charge is 2.15. The molecule has 0 heterocycles. The molecule has 1 aromatic carbocycles. The van der Waals surface area contributed by atoms with Gasteiger partial charge in [-0.05, 0) is 57.6 Å². The van der Waals surface area contributed by atoms with Gasteiger partial charge in [-0.2, -0.15) is 0 Å². The van der Waals surface area contributed by atoms with Crippen molar-refractivity contribution in [3.8, 4) is 5.75 Å². The first-order valence-electron chi connectivity index (χ1n) is 4.96. The predicted octanol–water partition coefficient (Wildman–Crippen LogP) is 4.26. The maximum atomic E-state index is 7.27. The van der Waals surface area contributed by atoms with E-state index in [-0.39, 0.29) is 12.4 Å². The molecule has 0 amide bonds. The quantitative estimate of drug-likeness (QED) is 0.821. The smallest absolute Gasteiger partial charge is 0.133 e. The van der Waals surface area contributed by atoms with Crippen molar-refractivity contribution in [1.29, 1.82) is 0 Å². The summed E-state index contributed by atoms with van der Waals surface area (Å²) in [5, 5.41) is 0. The van der Waals surface area contributed by atoms with Gasteiger partial charge in [0.25, 0.3) is 0 Å². The Hall–Kier alpha value is -0.510. The van der Waals surface area contributed by atoms with Crippen LogP contribution in [0.2, 0.25) is 0 Å². The van der Waals surface area contributed by atoms with E-state index in [1.165, 1.54) is 16.7 Å². The van der Waals surface area contributed by atoms with E-state index >= 15 is 0 Å². The number of hydrogen-bond acceptors (Lipinski definition) is 1. The summed E-state index contributed by atoms with van der Waals surface area (Å²) in [6.07, 6.45) is 4.02. The second kappa shape index (κ2) is 5.71. The zero-order valence-electron chi connectivity index (χ0n) is 9.05. The molecule has 1 N–H and O–H groups in total. The van der Waals surface area contributed by atoms with Gasteiger partial charge in [0.2, 0.25) is 0 Å². The molecule has 16 heavy (non-hydrogen) atoms. The van der Waals surface area contributed by atoms with Gasteiger partial charge in [-0.3, -0.25) is 0 Å². The van der Waals surface area contributed by atoms with Gasteiger partial charge < -0.3 is 10.5 Å². The average Bonchev–Trinajstić information content (AvgIpc) is 2.60. The van der Waals surface area contributed by atoms with Crippen LogP contribution in [0.3, 0.4) is 0 Å². The van der Waals surface area contributed by atoms with Gasteiger partial charge in [0, 0.05) is 0 Å². The highest BCUT2D eigenvalue weighted by molar-refractivity contribution is 9.10. The first kappa shape index (κ1) is 13.6. The molecular weight excluding hydrogens is 289 g/mol. The summed E-state index contributed by atoms with van der Waals surface area (Å²) in [4.78, 5) is 0. The van der Waals surface area contributed by atoms with Crippen molar-refractivity contribution < 1.29 is 4.74 Å². The number of ether oxygens (including phenoxy) is 1. The lowest BCUT2D eigenvalue weighted by Gasteiger charge is -2.10. The minimum absolute atomic E-state index is 0. The molecule has 0 atom stereocenters. The summed E-state index contributed by atoms with van der Waals surface area (Å²) in [5.74, 6) is 0.867. The Bertz CT molecular complexity index is 418. The minimum atomic E-state index is 0. The Morgan fingerprint density at radius 2 is 2.19 bits per heavy atom. The third-order valence-corrected chi connectivity index (χ3v) is 3.31. The van der Waals surface area contributed by atoms with E-state index in [1.54, 1.807) is 7.11 Å². The van der Waals surface area contributed by atoms with Crippen molar-refractivity contribution in [1.82, 2.24) is 0 Å². The molecule has 0 fully saturated rings. The van der Waals surface area contributed by atoms with Crippen LogP contribution >= 0.6 is 28.3 Å². The number of halogens is 2. The van der Waals surface area contributed by atoms with Gasteiger partial charge in [-0.25, -0.2) is 0 Å². The second-order valence-electron chi connectivity index (χ2n) is 3.58. The van der Waals surface area contributed by atoms with Gasteiger partial charge >= 0.3 is 0 Å². The van der Waals surface area contributed by atoms with E-state index < -0.39 is 0 Å². The normalized spacial score (nSPS) is 12.8. The monoisotopic (exact) mass is 302 g/mol. The van der Waals surface area contributed by atoms with Crippen LogP contribution in [0.25, 0.3) is 11.3 Å². The molecule has 2 rings (SSSR count). The third kappa shape index (κ3) is 2.42. The van der Waals surface area contributed by atoms with E-state index in [4.69, 9.17) is 10.5 Å². The van der Waals surface area contributed by atoms with Crippen molar-refractivity contribution in [2.24, 2.45) is 0 Å². The largest absolute Gasteiger partial charge is 0.677 e. The van der Waals surface area contributed by atoms with Crippen molar-refractivity contribution in [2.45, 2.75) is 12.8 Å². The van der Waals surface area contributed by atoms with Crippen LogP contribution in [-0.4, -0.2) is 13.7 Å². The lowest BCUT2D eigenvalue weighted by molar-refractivity contribution is 0.412. The molecule has 0 aliphatic heterocycles. The zero-order chi connectivity index (χ0) is 10.8. The molecule has 0 aromatic heterocycles. The molecular formula is C12H14BrClNO-. The lowest BCUT2D eigenvalue weighted by Crippen LogP contribution is -1.91. The van der Waals surface area contributed by atoms with Crippen LogP contribution < -0.4 is 4.74 Å². The highest BCUT2D eigenvalue weighted by atomic mass is 79.9. The van der Waals surface area contributed by atoms with Crippen LogP contribution in [0.1, 0.15) is 17.5 Å². The number of allylic oxidation sites excluding steroid dienone is 1. The Kier molecular flexibility index (Phi) is 4.84. The van der Waals surface area contributed by atoms with Crippen molar-refractivity contribution in [2.75, 3.05) is 13.7 Å². The molecule has 1 aromatic rings. The van der Waals surface area contributed by atoms with E-state index in [1.807, 2.05) is 0 Å². The molecule has 1 aliphatic carbocycles. The zero-order valence-corrected chi connectivity index (χ0v) is 11.5. The standard InChI is InChI=1S/C12H13BrNO.ClH/c1-15-12-7-10-8(4-5-14)2-3-9(10)6-11(12)13;/h2,6-7,14H,3-5H2,1H3;1H/q-1;. The maximum absolute atomic E-state index is 7.27. The Labute approximate surface area is 110 Å². The fraction of sp³-hybridized carbons (Fsp3) is 0.333. The van der Waals surface area contributed by atoms with Crippen LogP contribution in [0.15, 0.2) is 22.7 Å². The number of nitrogens with one attached hydrogen (secondary N) is 1. The molecule has 0 saturated carbocycles. The molecule has 0 radical (unpaired) electrons. The first-order chi connectivity index (χ1) is 7.26. The fourth-order valence-corrected chi connectivity index (χ4v) is 2.49. The number of methoxy groups -OCH3 is 1. The van der Waals surface area contributed by atoms with Crippen molar-refractivity contribution in [3.05, 3.63) is 39.5 Å². The van der Waals surface area contributed by atoms with E-state index in [2.05, 4.69) is 34.1 Å². The van der Waals surface area contributed by atoms with Gasteiger partial charge in [-0.15, -0.1) is 19.0 Å². The fourth-order valence-electron chi connectivity index (χ4n) is 1.93. The summed E-state index contributed by atoms with van der Waals surface area (Å²) in [6.45, 7) is 0.448. The van der Waals surface area contributed by atoms with Crippen LogP contribution in [0.5, 0.6) is 5.75 Å². The molecule has 0 unspecified atom stereocenters. The number of benzene rings is 1. The predicted molar refractivity (Wildman–Crippen MR) is 73.4 cm³/mol. The topological polar surface area (TPSA) is 33.0 Å². The lowest BCUT2D eigenvalue weighted by atomic mass is 10.0. The van der Waals surface area contributed by atoms with Crippen LogP contribution in [0.4, 0.5) is 0 Å². The van der Waals surface area contributed by atoms with Gasteiger partial charge in [-0.1, -0.05) is 6.08 Å². The SMILES string of the molecule is COc1cc2c(cc1Br)CC=C2CC[NH-].Cl. The third-order valence-electron chi connectivity index (χ3n) is 2.69.